The molecular formula is C8H18N2O. The summed E-state index contributed by atoms with van der Waals surface area (Å²) in [6.07, 6.45) is 3.20. The summed E-state index contributed by atoms with van der Waals surface area (Å²) in [5.74, 6) is 0. The van der Waals surface area contributed by atoms with Crippen molar-refractivity contribution in [2.75, 3.05) is 19.6 Å². The van der Waals surface area contributed by atoms with E-state index in [0.717, 1.165) is 26.1 Å². The fourth-order valence-electron chi connectivity index (χ4n) is 1.28. The lowest BCUT2D eigenvalue weighted by Gasteiger charge is -2.29. The van der Waals surface area contributed by atoms with E-state index in [0.29, 0.717) is 0 Å². The van der Waals surface area contributed by atoms with E-state index in [4.69, 9.17) is 0 Å². The van der Waals surface area contributed by atoms with E-state index in [9.17, 15) is 5.11 Å². The molecule has 2 N–H and O–H groups in total. The maximum Gasteiger partial charge on any atom is 0.0678 e. The van der Waals surface area contributed by atoms with Gasteiger partial charge in [0.05, 0.1) is 6.10 Å². The predicted octanol–water partition coefficient (Wildman–Crippen LogP) is 0.358. The third kappa shape index (κ3) is 3.18. The molecule has 3 nitrogen and oxygen atoms in total. The Hall–Kier alpha value is -0.120. The SMILES string of the molecule is CC[C@@H](O)CN1CCCCN1. The van der Waals surface area contributed by atoms with Gasteiger partial charge in [-0.2, -0.15) is 0 Å². The first kappa shape index (κ1) is 8.97. The number of hydrogen-bond donors (Lipinski definition) is 2. The lowest BCUT2D eigenvalue weighted by molar-refractivity contribution is 0.0653. The highest BCUT2D eigenvalue weighted by atomic mass is 16.3. The largest absolute Gasteiger partial charge is 0.392 e. The molecule has 0 bridgehead atoms. The molecule has 0 saturated carbocycles. The van der Waals surface area contributed by atoms with E-state index in [1.807, 2.05) is 6.92 Å². The Morgan fingerprint density at radius 2 is 2.36 bits per heavy atom. The highest BCUT2D eigenvalue weighted by Crippen LogP contribution is 2.01. The van der Waals surface area contributed by atoms with Crippen LogP contribution in [0.2, 0.25) is 0 Å². The van der Waals surface area contributed by atoms with Crippen molar-refractivity contribution in [3.05, 3.63) is 0 Å². The minimum Gasteiger partial charge on any atom is -0.392 e. The third-order valence-electron chi connectivity index (χ3n) is 2.09. The Morgan fingerprint density at radius 1 is 1.55 bits per heavy atom. The monoisotopic (exact) mass is 158 g/mol. The first-order valence-electron chi connectivity index (χ1n) is 4.49. The standard InChI is InChI=1S/C8H18N2O/c1-2-8(11)7-10-6-4-3-5-9-10/h8-9,11H,2-7H2,1H3/t8-/m1/s1. The molecule has 1 rings (SSSR count). The Morgan fingerprint density at radius 3 is 2.91 bits per heavy atom. The van der Waals surface area contributed by atoms with Crippen LogP contribution in [0.5, 0.6) is 0 Å². The Kier molecular flexibility index (Phi) is 3.83. The van der Waals surface area contributed by atoms with Gasteiger partial charge in [-0.1, -0.05) is 6.92 Å². The smallest absolute Gasteiger partial charge is 0.0678 e. The van der Waals surface area contributed by atoms with Crippen LogP contribution >= 0.6 is 0 Å². The molecule has 1 fully saturated rings. The van der Waals surface area contributed by atoms with Crippen molar-refractivity contribution in [1.29, 1.82) is 0 Å². The molecule has 0 aromatic heterocycles. The van der Waals surface area contributed by atoms with Crippen molar-refractivity contribution >= 4 is 0 Å². The maximum absolute atomic E-state index is 9.33. The minimum absolute atomic E-state index is 0.166. The number of β-amino-alcohol motifs (C(OH)–C–C–N with tert-alkyl or cyclic N) is 1. The first-order chi connectivity index (χ1) is 5.33. The zero-order chi connectivity index (χ0) is 8.10. The Labute approximate surface area is 68.4 Å². The number of nitrogens with zero attached hydrogens (tertiary/aromatic N) is 1. The van der Waals surface area contributed by atoms with Crippen LogP contribution in [0.25, 0.3) is 0 Å². The number of aliphatic hydroxyl groups excluding tert-OH is 1. The Balaban J connectivity index is 2.13. The van der Waals surface area contributed by atoms with Crippen LogP contribution in [0, 0.1) is 0 Å². The van der Waals surface area contributed by atoms with E-state index in [-0.39, 0.29) is 6.10 Å². The minimum atomic E-state index is -0.166. The van der Waals surface area contributed by atoms with Crippen molar-refractivity contribution < 1.29 is 5.11 Å². The molecule has 0 aromatic carbocycles. The van der Waals surface area contributed by atoms with Gasteiger partial charge in [0.25, 0.3) is 0 Å². The van der Waals surface area contributed by atoms with Crippen LogP contribution in [0.1, 0.15) is 26.2 Å². The van der Waals surface area contributed by atoms with E-state index < -0.39 is 0 Å². The molecule has 11 heavy (non-hydrogen) atoms. The molecule has 0 amide bonds. The maximum atomic E-state index is 9.33. The molecular weight excluding hydrogens is 140 g/mol. The van der Waals surface area contributed by atoms with Gasteiger partial charge < -0.3 is 5.11 Å². The van der Waals surface area contributed by atoms with Crippen LogP contribution in [0.15, 0.2) is 0 Å². The normalized spacial score (nSPS) is 23.5. The highest BCUT2D eigenvalue weighted by molar-refractivity contribution is 4.64. The van der Waals surface area contributed by atoms with Gasteiger partial charge in [-0.25, -0.2) is 5.01 Å². The van der Waals surface area contributed by atoms with Crippen molar-refractivity contribution in [3.8, 4) is 0 Å². The molecule has 0 spiro atoms. The van der Waals surface area contributed by atoms with Crippen molar-refractivity contribution in [3.63, 3.8) is 0 Å². The molecule has 3 heteroatoms. The van der Waals surface area contributed by atoms with Gasteiger partial charge in [0.15, 0.2) is 0 Å². The first-order valence-corrected chi connectivity index (χ1v) is 4.49. The second-order valence-corrected chi connectivity index (χ2v) is 3.12. The Bertz CT molecular complexity index is 102. The second kappa shape index (κ2) is 4.70. The number of hydrogen-bond acceptors (Lipinski definition) is 3. The van der Waals surface area contributed by atoms with E-state index in [2.05, 4.69) is 10.4 Å². The molecule has 0 radical (unpaired) electrons. The van der Waals surface area contributed by atoms with Gasteiger partial charge in [-0.05, 0) is 19.3 Å². The quantitative estimate of drug-likeness (QED) is 0.622. The molecule has 1 aliphatic heterocycles. The van der Waals surface area contributed by atoms with Crippen LogP contribution in [0.3, 0.4) is 0 Å². The summed E-state index contributed by atoms with van der Waals surface area (Å²) in [5.41, 5.74) is 3.26. The average Bonchev–Trinajstić information content (AvgIpc) is 2.06. The summed E-state index contributed by atoms with van der Waals surface area (Å²) >= 11 is 0. The molecule has 0 unspecified atom stereocenters. The van der Waals surface area contributed by atoms with Crippen molar-refractivity contribution in [2.45, 2.75) is 32.3 Å². The van der Waals surface area contributed by atoms with Gasteiger partial charge >= 0.3 is 0 Å². The number of hydrazine groups is 1. The lowest BCUT2D eigenvalue weighted by Crippen LogP contribution is -2.46. The molecule has 0 aliphatic carbocycles. The van der Waals surface area contributed by atoms with E-state index in [1.54, 1.807) is 0 Å². The molecule has 1 aliphatic rings. The van der Waals surface area contributed by atoms with Gasteiger partial charge in [0, 0.05) is 19.6 Å². The molecule has 1 atom stereocenters. The molecule has 66 valence electrons. The van der Waals surface area contributed by atoms with Gasteiger partial charge in [0.2, 0.25) is 0 Å². The van der Waals surface area contributed by atoms with Gasteiger partial charge in [-0.15, -0.1) is 0 Å². The average molecular weight is 158 g/mol. The zero-order valence-electron chi connectivity index (χ0n) is 7.21. The van der Waals surface area contributed by atoms with Crippen LogP contribution in [-0.4, -0.2) is 35.9 Å². The van der Waals surface area contributed by atoms with Crippen molar-refractivity contribution in [2.24, 2.45) is 0 Å². The fourth-order valence-corrected chi connectivity index (χ4v) is 1.28. The highest BCUT2D eigenvalue weighted by Gasteiger charge is 2.11. The van der Waals surface area contributed by atoms with Crippen LogP contribution in [-0.2, 0) is 0 Å². The number of aliphatic hydroxyl groups is 1. The summed E-state index contributed by atoms with van der Waals surface area (Å²) in [5, 5.41) is 11.5. The molecule has 0 aromatic rings. The predicted molar refractivity (Wildman–Crippen MR) is 45.1 cm³/mol. The summed E-state index contributed by atoms with van der Waals surface area (Å²) in [4.78, 5) is 0. The zero-order valence-corrected chi connectivity index (χ0v) is 7.21. The summed E-state index contributed by atoms with van der Waals surface area (Å²) < 4.78 is 0. The summed E-state index contributed by atoms with van der Waals surface area (Å²) in [6.45, 7) is 4.93. The van der Waals surface area contributed by atoms with E-state index >= 15 is 0 Å². The second-order valence-electron chi connectivity index (χ2n) is 3.12. The van der Waals surface area contributed by atoms with Crippen LogP contribution in [0.4, 0.5) is 0 Å². The fraction of sp³-hybridized carbons (Fsp3) is 1.00. The third-order valence-corrected chi connectivity index (χ3v) is 2.09. The lowest BCUT2D eigenvalue weighted by atomic mass is 10.2. The number of rotatable bonds is 3. The summed E-state index contributed by atoms with van der Waals surface area (Å²) in [7, 11) is 0. The molecule has 1 heterocycles. The summed E-state index contributed by atoms with van der Waals surface area (Å²) in [6, 6.07) is 0. The topological polar surface area (TPSA) is 35.5 Å². The van der Waals surface area contributed by atoms with Gasteiger partial charge in [-0.3, -0.25) is 5.43 Å². The van der Waals surface area contributed by atoms with E-state index in [1.165, 1.54) is 12.8 Å². The van der Waals surface area contributed by atoms with Crippen molar-refractivity contribution in [1.82, 2.24) is 10.4 Å². The van der Waals surface area contributed by atoms with Gasteiger partial charge in [0.1, 0.15) is 0 Å². The number of nitrogens with one attached hydrogen (secondary N) is 1. The van der Waals surface area contributed by atoms with Crippen LogP contribution < -0.4 is 5.43 Å². The molecule has 1 saturated heterocycles.